The first-order chi connectivity index (χ1) is 35.0. The number of hydrogen-bond donors (Lipinski definition) is 1. The molecule has 0 aromatic heterocycles. The lowest BCUT2D eigenvalue weighted by Gasteiger charge is -2.57. The van der Waals surface area contributed by atoms with Gasteiger partial charge in [-0.25, -0.2) is 0 Å². The van der Waals surface area contributed by atoms with Crippen molar-refractivity contribution in [3.8, 4) is 0 Å². The zero-order valence-electron chi connectivity index (χ0n) is 39.7. The smallest absolute Gasteiger partial charge is 0.220 e. The first-order valence-corrected chi connectivity index (χ1v) is 22.9. The Labute approximate surface area is 412 Å². The monoisotopic (exact) mass is 997 g/mol. The molecule has 1 N–H and O–H groups in total. The number of fused-ring (bicyclic) bond motifs is 1. The van der Waals surface area contributed by atoms with Crippen molar-refractivity contribution >= 4 is 0 Å². The second kappa shape index (κ2) is 25.4. The van der Waals surface area contributed by atoms with Crippen LogP contribution in [0.15, 0.2) is 117 Å². The molecule has 0 radical (unpaired) electrons. The Bertz CT molecular complexity index is 2480. The number of methoxy groups -OCH3 is 2. The predicted octanol–water partition coefficient (Wildman–Crippen LogP) is 7.89. The molecule has 27 heteroatoms. The Morgan fingerprint density at radius 3 is 1.44 bits per heavy atom. The summed E-state index contributed by atoms with van der Waals surface area (Å²) >= 11 is 0. The first kappa shape index (κ1) is 53.5. The third-order valence-corrected chi connectivity index (χ3v) is 13.1. The molecule has 0 spiro atoms. The number of azide groups is 5. The maximum Gasteiger partial charge on any atom is 0.220 e. The van der Waals surface area contributed by atoms with E-state index in [1.807, 2.05) is 91.0 Å². The Kier molecular flexibility index (Phi) is 18.9. The third-order valence-electron chi connectivity index (χ3n) is 13.1. The van der Waals surface area contributed by atoms with Gasteiger partial charge in [-0.1, -0.05) is 117 Å². The summed E-state index contributed by atoms with van der Waals surface area (Å²) in [4.78, 5) is 15.0. The number of rotatable bonds is 22. The molecule has 1 saturated carbocycles. The molecule has 4 aliphatic rings. The van der Waals surface area contributed by atoms with Gasteiger partial charge in [-0.15, -0.1) is 0 Å². The van der Waals surface area contributed by atoms with Crippen LogP contribution >= 0.6 is 0 Å². The lowest BCUT2D eigenvalue weighted by Crippen LogP contribution is -2.73. The fourth-order valence-electron chi connectivity index (χ4n) is 9.21. The van der Waals surface area contributed by atoms with E-state index >= 15 is 0 Å². The average Bonchev–Trinajstić information content (AvgIpc) is 3.40. The van der Waals surface area contributed by atoms with Crippen molar-refractivity contribution in [3.05, 3.63) is 160 Å². The summed E-state index contributed by atoms with van der Waals surface area (Å²) < 4.78 is 70.6. The van der Waals surface area contributed by atoms with Gasteiger partial charge in [0.05, 0.1) is 69.4 Å². The summed E-state index contributed by atoms with van der Waals surface area (Å²) in [7, 11) is 2.73. The highest BCUT2D eigenvalue weighted by Gasteiger charge is 2.63. The van der Waals surface area contributed by atoms with E-state index in [2.05, 4.69) is 50.1 Å². The molecule has 382 valence electrons. The van der Waals surface area contributed by atoms with Gasteiger partial charge < -0.3 is 57.2 Å². The standard InChI is InChI=1S/C45H55N15O12/c1-44(62-3)45(2,63-4)72-39-33(55-60-50)42(67-32(22-52-57-47)38(39)71-44)69-35-29(53-58-48)20-30(54-59-49)36(34(35)61)70-43-41(66-25-28-18-12-7-13-19-28)40(65-24-27-16-10-6-11-17-27)37(31(68-43)21-51-56-46)64-23-26-14-8-5-9-15-26/h5-19,29-43,61H,20-25H2,1-4H3/t29-,30+,31+,32+,33+,34-,35+,36-,37-,38+,39+,40-,41+,42+,43+,44-,45-/m0/s1. The van der Waals surface area contributed by atoms with E-state index in [9.17, 15) is 32.8 Å². The summed E-state index contributed by atoms with van der Waals surface area (Å²) in [5.74, 6) is -3.19. The highest BCUT2D eigenvalue weighted by atomic mass is 16.8. The van der Waals surface area contributed by atoms with Gasteiger partial charge in [0.25, 0.3) is 0 Å². The molecular formula is C45H55N15O12. The van der Waals surface area contributed by atoms with Gasteiger partial charge in [-0.2, -0.15) is 0 Å². The lowest BCUT2D eigenvalue weighted by molar-refractivity contribution is -0.471. The van der Waals surface area contributed by atoms with Gasteiger partial charge in [0, 0.05) is 38.8 Å². The molecule has 7 rings (SSSR count). The van der Waals surface area contributed by atoms with Crippen LogP contribution in [0, 0.1) is 0 Å². The van der Waals surface area contributed by atoms with Crippen molar-refractivity contribution < 1.29 is 57.2 Å². The van der Waals surface area contributed by atoms with E-state index in [-0.39, 0.29) is 39.3 Å². The summed E-state index contributed by atoms with van der Waals surface area (Å²) in [5.41, 5.74) is 51.0. The highest BCUT2D eigenvalue weighted by Crippen LogP contribution is 2.46. The maximum absolute atomic E-state index is 12.6. The molecular weight excluding hydrogens is 943 g/mol. The molecule has 4 fully saturated rings. The molecule has 0 bridgehead atoms. The van der Waals surface area contributed by atoms with Crippen LogP contribution in [0.4, 0.5) is 0 Å². The number of nitrogens with zero attached hydrogens (tertiary/aromatic N) is 15. The maximum atomic E-state index is 12.6. The van der Waals surface area contributed by atoms with Gasteiger partial charge in [-0.05, 0) is 64.6 Å². The second-order valence-electron chi connectivity index (χ2n) is 17.3. The van der Waals surface area contributed by atoms with Crippen LogP contribution < -0.4 is 0 Å². The molecule has 72 heavy (non-hydrogen) atoms. The lowest BCUT2D eigenvalue weighted by atomic mass is 9.84. The minimum Gasteiger partial charge on any atom is -0.388 e. The Morgan fingerprint density at radius 1 is 0.542 bits per heavy atom. The van der Waals surface area contributed by atoms with Gasteiger partial charge in [-0.3, -0.25) is 0 Å². The molecule has 3 aromatic rings. The zero-order valence-corrected chi connectivity index (χ0v) is 39.7. The van der Waals surface area contributed by atoms with E-state index in [1.54, 1.807) is 13.8 Å². The van der Waals surface area contributed by atoms with Crippen LogP contribution in [0.2, 0.25) is 0 Å². The van der Waals surface area contributed by atoms with E-state index in [0.29, 0.717) is 0 Å². The minimum absolute atomic E-state index is 0.0143. The molecule has 0 unspecified atom stereocenters. The quantitative estimate of drug-likeness (QED) is 0.0570. The van der Waals surface area contributed by atoms with Crippen LogP contribution in [0.3, 0.4) is 0 Å². The van der Waals surface area contributed by atoms with Crippen molar-refractivity contribution in [1.29, 1.82) is 0 Å². The SMILES string of the molecule is CO[C@@]1(C)O[C@@H]2[C@@H](N=[N+]=[N-])[C@@H](O[C@H]3[C@H](O)[C@@H](O[C@H]4O[C@H](CN=[N+]=[N-])[C@H](OCc5ccccc5)[C@H](OCc5ccccc5)[C@H]4OCc4ccccc4)[C@H](N=[N+]=[N-])C[C@@H]3N=[N+]=[N-])O[C@H](CN=[N+]=[N-])[C@H]2O[C@]1(C)OC. The number of ether oxygens (including phenoxy) is 11. The normalized spacial score (nSPS) is 35.1. The van der Waals surface area contributed by atoms with E-state index in [1.165, 1.54) is 14.2 Å². The molecule has 0 amide bonds. The zero-order chi connectivity index (χ0) is 51.1. The fraction of sp³-hybridized carbons (Fsp3) is 0.600. The molecule has 3 aliphatic heterocycles. The van der Waals surface area contributed by atoms with Crippen molar-refractivity contribution in [2.24, 2.45) is 25.6 Å². The van der Waals surface area contributed by atoms with Crippen molar-refractivity contribution in [3.63, 3.8) is 0 Å². The molecule has 1 aliphatic carbocycles. The average molecular weight is 998 g/mol. The third kappa shape index (κ3) is 12.3. The van der Waals surface area contributed by atoms with Crippen LogP contribution in [0.25, 0.3) is 52.2 Å². The molecule has 17 atom stereocenters. The molecule has 3 saturated heterocycles. The predicted molar refractivity (Wildman–Crippen MR) is 250 cm³/mol. The highest BCUT2D eigenvalue weighted by molar-refractivity contribution is 5.16. The van der Waals surface area contributed by atoms with Crippen molar-refractivity contribution in [2.75, 3.05) is 27.3 Å². The van der Waals surface area contributed by atoms with E-state index < -0.39 is 103 Å². The Balaban J connectivity index is 1.27. The van der Waals surface area contributed by atoms with Crippen LogP contribution in [0.5, 0.6) is 0 Å². The number of benzene rings is 3. The first-order valence-electron chi connectivity index (χ1n) is 22.9. The van der Waals surface area contributed by atoms with Gasteiger partial charge in [0.1, 0.15) is 42.7 Å². The molecule has 3 heterocycles. The number of aliphatic hydroxyl groups is 1. The molecule has 3 aromatic carbocycles. The van der Waals surface area contributed by atoms with Crippen molar-refractivity contribution in [2.45, 2.75) is 143 Å². The van der Waals surface area contributed by atoms with Gasteiger partial charge in [0.15, 0.2) is 12.6 Å². The number of hydrogen-bond acceptors (Lipinski definition) is 17. The Hall–Kier alpha value is -6.27. The minimum atomic E-state index is -1.84. The number of aliphatic hydroxyl groups excluding tert-OH is 1. The van der Waals surface area contributed by atoms with Crippen molar-refractivity contribution in [1.82, 2.24) is 0 Å². The topological polar surface area (TPSA) is 366 Å². The van der Waals surface area contributed by atoms with E-state index in [4.69, 9.17) is 52.1 Å². The van der Waals surface area contributed by atoms with Crippen LogP contribution in [0.1, 0.15) is 37.0 Å². The fourth-order valence-corrected chi connectivity index (χ4v) is 9.21. The summed E-state index contributed by atoms with van der Waals surface area (Å²) in [6.07, 6.45) is -16.0. The molecule has 27 nitrogen and oxygen atoms in total. The Morgan fingerprint density at radius 2 is 0.972 bits per heavy atom. The van der Waals surface area contributed by atoms with Gasteiger partial charge >= 0.3 is 0 Å². The summed E-state index contributed by atoms with van der Waals surface area (Å²) in [5, 5.41) is 32.0. The van der Waals surface area contributed by atoms with Crippen LogP contribution in [-0.2, 0) is 71.9 Å². The van der Waals surface area contributed by atoms with Gasteiger partial charge in [0.2, 0.25) is 11.6 Å². The van der Waals surface area contributed by atoms with E-state index in [0.717, 1.165) is 16.7 Å². The second-order valence-corrected chi connectivity index (χ2v) is 17.3. The summed E-state index contributed by atoms with van der Waals surface area (Å²) in [6, 6.07) is 24.1. The largest absolute Gasteiger partial charge is 0.388 e. The van der Waals surface area contributed by atoms with Crippen LogP contribution in [-0.4, -0.2) is 136 Å². The summed E-state index contributed by atoms with van der Waals surface area (Å²) in [6.45, 7) is 2.69.